The predicted octanol–water partition coefficient (Wildman–Crippen LogP) is 3.28. The molecular weight excluding hydrogens is 252 g/mol. The molecule has 0 amide bonds. The molecule has 2 heterocycles. The van der Waals surface area contributed by atoms with Crippen LogP contribution in [0.25, 0.3) is 0 Å². The lowest BCUT2D eigenvalue weighted by atomic mass is 10.2. The van der Waals surface area contributed by atoms with Gasteiger partial charge in [0, 0.05) is 31.5 Å². The summed E-state index contributed by atoms with van der Waals surface area (Å²) in [5.74, 6) is 3.77. The Labute approximate surface area is 119 Å². The molecule has 108 valence electrons. The number of anilines is 2. The Kier molecular flexibility index (Phi) is 4.61. The SMILES string of the molecule is CNc1cc(NC(C)Cc2ccco2)nc(C(C)C)n1. The third kappa shape index (κ3) is 3.73. The highest BCUT2D eigenvalue weighted by Gasteiger charge is 2.10. The first-order valence-corrected chi connectivity index (χ1v) is 6.94. The summed E-state index contributed by atoms with van der Waals surface area (Å²) in [6, 6.07) is 6.05. The molecule has 1 atom stereocenters. The highest BCUT2D eigenvalue weighted by molar-refractivity contribution is 5.48. The first-order valence-electron chi connectivity index (χ1n) is 6.94. The minimum Gasteiger partial charge on any atom is -0.469 e. The van der Waals surface area contributed by atoms with Gasteiger partial charge in [0.1, 0.15) is 23.2 Å². The van der Waals surface area contributed by atoms with Crippen LogP contribution in [0.4, 0.5) is 11.6 Å². The molecule has 0 aliphatic rings. The summed E-state index contributed by atoms with van der Waals surface area (Å²) >= 11 is 0. The number of hydrogen-bond acceptors (Lipinski definition) is 5. The molecule has 0 spiro atoms. The number of rotatable bonds is 6. The van der Waals surface area contributed by atoms with Crippen LogP contribution >= 0.6 is 0 Å². The van der Waals surface area contributed by atoms with Crippen molar-refractivity contribution in [2.24, 2.45) is 0 Å². The fourth-order valence-electron chi connectivity index (χ4n) is 1.96. The maximum Gasteiger partial charge on any atom is 0.135 e. The number of aromatic nitrogens is 2. The molecule has 1 unspecified atom stereocenters. The molecule has 20 heavy (non-hydrogen) atoms. The number of hydrogen-bond donors (Lipinski definition) is 2. The Morgan fingerprint density at radius 2 is 1.95 bits per heavy atom. The number of nitrogens with one attached hydrogen (secondary N) is 2. The first-order chi connectivity index (χ1) is 9.58. The maximum absolute atomic E-state index is 5.36. The van der Waals surface area contributed by atoms with Gasteiger partial charge in [0.25, 0.3) is 0 Å². The summed E-state index contributed by atoms with van der Waals surface area (Å²) in [4.78, 5) is 9.01. The second-order valence-corrected chi connectivity index (χ2v) is 5.23. The minimum atomic E-state index is 0.237. The lowest BCUT2D eigenvalue weighted by Crippen LogP contribution is -2.19. The molecule has 0 bridgehead atoms. The van der Waals surface area contributed by atoms with Gasteiger partial charge in [-0.25, -0.2) is 9.97 Å². The molecule has 2 aromatic rings. The van der Waals surface area contributed by atoms with E-state index in [4.69, 9.17) is 4.42 Å². The van der Waals surface area contributed by atoms with E-state index in [1.165, 1.54) is 0 Å². The molecule has 2 aromatic heterocycles. The van der Waals surface area contributed by atoms with E-state index in [2.05, 4.69) is 41.4 Å². The van der Waals surface area contributed by atoms with Crippen molar-refractivity contribution in [1.82, 2.24) is 9.97 Å². The molecule has 5 nitrogen and oxygen atoms in total. The average Bonchev–Trinajstić information content (AvgIpc) is 2.90. The topological polar surface area (TPSA) is 63.0 Å². The molecule has 0 radical (unpaired) electrons. The Morgan fingerprint density at radius 3 is 2.55 bits per heavy atom. The van der Waals surface area contributed by atoms with E-state index in [-0.39, 0.29) is 6.04 Å². The molecule has 0 aliphatic heterocycles. The smallest absolute Gasteiger partial charge is 0.135 e. The van der Waals surface area contributed by atoms with E-state index in [9.17, 15) is 0 Å². The van der Waals surface area contributed by atoms with E-state index in [1.54, 1.807) is 6.26 Å². The zero-order chi connectivity index (χ0) is 14.5. The first kappa shape index (κ1) is 14.4. The van der Waals surface area contributed by atoms with Crippen LogP contribution in [0, 0.1) is 0 Å². The van der Waals surface area contributed by atoms with Crippen LogP contribution in [0.2, 0.25) is 0 Å². The molecule has 2 rings (SSSR count). The van der Waals surface area contributed by atoms with Crippen LogP contribution < -0.4 is 10.6 Å². The van der Waals surface area contributed by atoms with E-state index in [0.717, 1.165) is 29.6 Å². The molecule has 2 N–H and O–H groups in total. The average molecular weight is 274 g/mol. The fourth-order valence-corrected chi connectivity index (χ4v) is 1.96. The summed E-state index contributed by atoms with van der Waals surface area (Å²) in [6.45, 7) is 6.29. The Bertz CT molecular complexity index is 537. The molecule has 0 fully saturated rings. The summed E-state index contributed by atoms with van der Waals surface area (Å²) in [5.41, 5.74) is 0. The largest absolute Gasteiger partial charge is 0.469 e. The lowest BCUT2D eigenvalue weighted by molar-refractivity contribution is 0.497. The van der Waals surface area contributed by atoms with E-state index >= 15 is 0 Å². The van der Waals surface area contributed by atoms with Crippen LogP contribution in [0.1, 0.15) is 38.3 Å². The van der Waals surface area contributed by atoms with Crippen LogP contribution in [0.3, 0.4) is 0 Å². The lowest BCUT2D eigenvalue weighted by Gasteiger charge is -2.15. The van der Waals surface area contributed by atoms with Crippen molar-refractivity contribution >= 4 is 11.6 Å². The van der Waals surface area contributed by atoms with Gasteiger partial charge in [-0.1, -0.05) is 13.8 Å². The molecule has 0 aliphatic carbocycles. The monoisotopic (exact) mass is 274 g/mol. The van der Waals surface area contributed by atoms with Crippen molar-refractivity contribution in [3.05, 3.63) is 36.0 Å². The second-order valence-electron chi connectivity index (χ2n) is 5.23. The zero-order valence-corrected chi connectivity index (χ0v) is 12.5. The predicted molar refractivity (Wildman–Crippen MR) is 81.2 cm³/mol. The van der Waals surface area contributed by atoms with Gasteiger partial charge in [-0.15, -0.1) is 0 Å². The molecular formula is C15H22N4O. The maximum atomic E-state index is 5.36. The molecule has 0 aromatic carbocycles. The summed E-state index contributed by atoms with van der Waals surface area (Å²) in [5, 5.41) is 6.47. The summed E-state index contributed by atoms with van der Waals surface area (Å²) in [7, 11) is 1.86. The minimum absolute atomic E-state index is 0.237. The summed E-state index contributed by atoms with van der Waals surface area (Å²) < 4.78 is 5.36. The van der Waals surface area contributed by atoms with Gasteiger partial charge < -0.3 is 15.1 Å². The van der Waals surface area contributed by atoms with Crippen LogP contribution in [-0.4, -0.2) is 23.1 Å². The Morgan fingerprint density at radius 1 is 1.20 bits per heavy atom. The van der Waals surface area contributed by atoms with E-state index in [1.807, 2.05) is 25.2 Å². The third-order valence-electron chi connectivity index (χ3n) is 3.00. The van der Waals surface area contributed by atoms with E-state index in [0.29, 0.717) is 5.92 Å². The van der Waals surface area contributed by atoms with Crippen molar-refractivity contribution in [3.63, 3.8) is 0 Å². The highest BCUT2D eigenvalue weighted by Crippen LogP contribution is 2.18. The van der Waals surface area contributed by atoms with E-state index < -0.39 is 0 Å². The third-order valence-corrected chi connectivity index (χ3v) is 3.00. The Hall–Kier alpha value is -2.04. The van der Waals surface area contributed by atoms with Crippen molar-refractivity contribution in [3.8, 4) is 0 Å². The van der Waals surface area contributed by atoms with Gasteiger partial charge in [0.05, 0.1) is 6.26 Å². The fraction of sp³-hybridized carbons (Fsp3) is 0.467. The van der Waals surface area contributed by atoms with Gasteiger partial charge in [-0.3, -0.25) is 0 Å². The van der Waals surface area contributed by atoms with Crippen molar-refractivity contribution in [2.75, 3.05) is 17.7 Å². The van der Waals surface area contributed by atoms with Gasteiger partial charge in [-0.05, 0) is 19.1 Å². The molecule has 0 saturated heterocycles. The second kappa shape index (κ2) is 6.41. The van der Waals surface area contributed by atoms with Crippen molar-refractivity contribution in [2.45, 2.75) is 39.2 Å². The van der Waals surface area contributed by atoms with Crippen LogP contribution in [0.15, 0.2) is 28.9 Å². The van der Waals surface area contributed by atoms with Gasteiger partial charge in [-0.2, -0.15) is 0 Å². The standard InChI is InChI=1S/C15H22N4O/c1-10(2)15-18-13(16-4)9-14(19-15)17-11(3)8-12-6-5-7-20-12/h5-7,9-11H,8H2,1-4H3,(H2,16,17,18,19). The van der Waals surface area contributed by atoms with Crippen molar-refractivity contribution < 1.29 is 4.42 Å². The van der Waals surface area contributed by atoms with Gasteiger partial charge >= 0.3 is 0 Å². The Balaban J connectivity index is 2.09. The van der Waals surface area contributed by atoms with Gasteiger partial charge in [0.15, 0.2) is 0 Å². The van der Waals surface area contributed by atoms with Crippen LogP contribution in [0.5, 0.6) is 0 Å². The molecule has 5 heteroatoms. The normalized spacial score (nSPS) is 12.4. The highest BCUT2D eigenvalue weighted by atomic mass is 16.3. The van der Waals surface area contributed by atoms with Crippen LogP contribution in [-0.2, 0) is 6.42 Å². The van der Waals surface area contributed by atoms with Gasteiger partial charge in [0.2, 0.25) is 0 Å². The zero-order valence-electron chi connectivity index (χ0n) is 12.5. The number of nitrogens with zero attached hydrogens (tertiary/aromatic N) is 2. The quantitative estimate of drug-likeness (QED) is 0.846. The number of furan rings is 1. The molecule has 0 saturated carbocycles. The van der Waals surface area contributed by atoms with Crippen molar-refractivity contribution in [1.29, 1.82) is 0 Å². The summed E-state index contributed by atoms with van der Waals surface area (Å²) in [6.07, 6.45) is 2.52.